The number of hydrogen-bond donors (Lipinski definition) is 1. The molecule has 1 N–H and O–H groups in total. The summed E-state index contributed by atoms with van der Waals surface area (Å²) in [5, 5.41) is 2.95. The molecule has 1 aliphatic heterocycles. The first-order valence-corrected chi connectivity index (χ1v) is 9.42. The quantitative estimate of drug-likeness (QED) is 0.703. The standard InChI is InChI=1S/C23H22N2O3/c26-22(14-21-20-9-5-4-6-18(20)12-13-27-21)24-15-17-10-11-23(25-16-17)28-19-7-2-1-3-8-19/h1-11,16,21H,12-15H2,(H,24,26)/t21-/m0/s1. The first-order chi connectivity index (χ1) is 13.8. The second-order valence-corrected chi connectivity index (χ2v) is 6.71. The van der Waals surface area contributed by atoms with E-state index < -0.39 is 0 Å². The number of hydrogen-bond acceptors (Lipinski definition) is 4. The highest BCUT2D eigenvalue weighted by Gasteiger charge is 2.22. The summed E-state index contributed by atoms with van der Waals surface area (Å²) < 4.78 is 11.5. The number of nitrogens with one attached hydrogen (secondary N) is 1. The summed E-state index contributed by atoms with van der Waals surface area (Å²) in [6.45, 7) is 1.08. The van der Waals surface area contributed by atoms with E-state index in [2.05, 4.69) is 16.4 Å². The van der Waals surface area contributed by atoms with Crippen molar-refractivity contribution in [2.45, 2.75) is 25.5 Å². The number of para-hydroxylation sites is 1. The average Bonchev–Trinajstić information content (AvgIpc) is 2.74. The lowest BCUT2D eigenvalue weighted by Gasteiger charge is -2.25. The summed E-state index contributed by atoms with van der Waals surface area (Å²) >= 11 is 0. The zero-order valence-electron chi connectivity index (χ0n) is 15.5. The maximum absolute atomic E-state index is 12.4. The van der Waals surface area contributed by atoms with Crippen molar-refractivity contribution < 1.29 is 14.3 Å². The fourth-order valence-electron chi connectivity index (χ4n) is 3.27. The Kier molecular flexibility index (Phi) is 5.64. The van der Waals surface area contributed by atoms with E-state index in [1.807, 2.05) is 54.6 Å². The normalized spacial score (nSPS) is 15.5. The number of carbonyl (C=O) groups excluding carboxylic acids is 1. The SMILES string of the molecule is O=C(C[C@@H]1OCCc2ccccc21)NCc1ccc(Oc2ccccc2)nc1. The molecule has 4 rings (SSSR count). The van der Waals surface area contributed by atoms with Crippen molar-refractivity contribution in [1.82, 2.24) is 10.3 Å². The van der Waals surface area contributed by atoms with Gasteiger partial charge in [0.05, 0.1) is 19.1 Å². The van der Waals surface area contributed by atoms with Gasteiger partial charge in [-0.2, -0.15) is 0 Å². The lowest BCUT2D eigenvalue weighted by atomic mass is 9.95. The lowest BCUT2D eigenvalue weighted by Crippen LogP contribution is -2.27. The van der Waals surface area contributed by atoms with Crippen LogP contribution in [0.3, 0.4) is 0 Å². The summed E-state index contributed by atoms with van der Waals surface area (Å²) in [5.41, 5.74) is 3.30. The van der Waals surface area contributed by atoms with Gasteiger partial charge in [0.2, 0.25) is 11.8 Å². The van der Waals surface area contributed by atoms with Crippen LogP contribution >= 0.6 is 0 Å². The van der Waals surface area contributed by atoms with Crippen LogP contribution in [0.2, 0.25) is 0 Å². The van der Waals surface area contributed by atoms with Crippen LogP contribution in [0, 0.1) is 0 Å². The zero-order valence-corrected chi connectivity index (χ0v) is 15.5. The summed E-state index contributed by atoms with van der Waals surface area (Å²) in [4.78, 5) is 16.7. The Labute approximate surface area is 164 Å². The molecule has 0 bridgehead atoms. The van der Waals surface area contributed by atoms with Gasteiger partial charge in [-0.25, -0.2) is 4.98 Å². The monoisotopic (exact) mass is 374 g/mol. The predicted molar refractivity (Wildman–Crippen MR) is 106 cm³/mol. The second-order valence-electron chi connectivity index (χ2n) is 6.71. The maximum atomic E-state index is 12.4. The Morgan fingerprint density at radius 1 is 1.07 bits per heavy atom. The third-order valence-corrected chi connectivity index (χ3v) is 4.72. The lowest BCUT2D eigenvalue weighted by molar-refractivity contribution is -0.124. The highest BCUT2D eigenvalue weighted by molar-refractivity contribution is 5.76. The fraction of sp³-hybridized carbons (Fsp3) is 0.217. The molecule has 2 heterocycles. The van der Waals surface area contributed by atoms with Gasteiger partial charge in [0, 0.05) is 18.8 Å². The number of pyridine rings is 1. The topological polar surface area (TPSA) is 60.5 Å². The van der Waals surface area contributed by atoms with Crippen LogP contribution in [0.4, 0.5) is 0 Å². The van der Waals surface area contributed by atoms with Gasteiger partial charge < -0.3 is 14.8 Å². The number of aromatic nitrogens is 1. The molecule has 0 radical (unpaired) electrons. The number of carbonyl (C=O) groups is 1. The number of nitrogens with zero attached hydrogens (tertiary/aromatic N) is 1. The van der Waals surface area contributed by atoms with Gasteiger partial charge in [-0.3, -0.25) is 4.79 Å². The summed E-state index contributed by atoms with van der Waals surface area (Å²) in [7, 11) is 0. The first kappa shape index (κ1) is 18.2. The molecular weight excluding hydrogens is 352 g/mol. The summed E-state index contributed by atoms with van der Waals surface area (Å²) in [6.07, 6.45) is 2.76. The van der Waals surface area contributed by atoms with Gasteiger partial charge in [0.1, 0.15) is 5.75 Å². The Bertz CT molecular complexity index is 926. The number of amides is 1. The van der Waals surface area contributed by atoms with E-state index in [4.69, 9.17) is 9.47 Å². The van der Waals surface area contributed by atoms with Crippen molar-refractivity contribution in [2.24, 2.45) is 0 Å². The molecule has 0 spiro atoms. The number of ether oxygens (including phenoxy) is 2. The third kappa shape index (κ3) is 4.56. The zero-order chi connectivity index (χ0) is 19.2. The van der Waals surface area contributed by atoms with Crippen LogP contribution in [0.15, 0.2) is 72.9 Å². The molecule has 142 valence electrons. The second kappa shape index (κ2) is 8.67. The smallest absolute Gasteiger partial charge is 0.223 e. The molecule has 1 amide bonds. The molecule has 5 nitrogen and oxygen atoms in total. The molecule has 3 aromatic rings. The molecule has 0 saturated carbocycles. The van der Waals surface area contributed by atoms with Crippen molar-refractivity contribution in [3.05, 3.63) is 89.6 Å². The van der Waals surface area contributed by atoms with Crippen molar-refractivity contribution in [3.63, 3.8) is 0 Å². The summed E-state index contributed by atoms with van der Waals surface area (Å²) in [6, 6.07) is 21.4. The van der Waals surface area contributed by atoms with E-state index >= 15 is 0 Å². The molecule has 1 aliphatic rings. The van der Waals surface area contributed by atoms with E-state index in [1.54, 1.807) is 12.3 Å². The minimum atomic E-state index is -0.176. The Hall–Kier alpha value is -3.18. The van der Waals surface area contributed by atoms with Gasteiger partial charge in [0.15, 0.2) is 0 Å². The van der Waals surface area contributed by atoms with Crippen LogP contribution in [0.5, 0.6) is 11.6 Å². The van der Waals surface area contributed by atoms with E-state index in [1.165, 1.54) is 5.56 Å². The molecule has 28 heavy (non-hydrogen) atoms. The minimum Gasteiger partial charge on any atom is -0.439 e. The molecule has 0 unspecified atom stereocenters. The minimum absolute atomic E-state index is 0.0358. The summed E-state index contributed by atoms with van der Waals surface area (Å²) in [5.74, 6) is 1.23. The average molecular weight is 374 g/mol. The van der Waals surface area contributed by atoms with Gasteiger partial charge in [-0.15, -0.1) is 0 Å². The van der Waals surface area contributed by atoms with Crippen LogP contribution in [-0.2, 0) is 22.5 Å². The highest BCUT2D eigenvalue weighted by Crippen LogP contribution is 2.29. The number of fused-ring (bicyclic) bond motifs is 1. The maximum Gasteiger partial charge on any atom is 0.223 e. The third-order valence-electron chi connectivity index (χ3n) is 4.72. The molecule has 1 aromatic heterocycles. The van der Waals surface area contributed by atoms with Gasteiger partial charge in [-0.1, -0.05) is 48.5 Å². The van der Waals surface area contributed by atoms with Crippen LogP contribution in [0.1, 0.15) is 29.2 Å². The Morgan fingerprint density at radius 3 is 2.71 bits per heavy atom. The molecule has 5 heteroatoms. The Balaban J connectivity index is 1.29. The molecule has 0 saturated heterocycles. The van der Waals surface area contributed by atoms with Crippen molar-refractivity contribution in [1.29, 1.82) is 0 Å². The highest BCUT2D eigenvalue weighted by atomic mass is 16.5. The predicted octanol–water partition coefficient (Wildman–Crippen LogP) is 4.19. The molecule has 2 aromatic carbocycles. The largest absolute Gasteiger partial charge is 0.439 e. The van der Waals surface area contributed by atoms with Crippen LogP contribution in [0.25, 0.3) is 0 Å². The van der Waals surface area contributed by atoms with E-state index in [-0.39, 0.29) is 12.0 Å². The van der Waals surface area contributed by atoms with Gasteiger partial charge in [-0.05, 0) is 35.2 Å². The molecule has 0 fully saturated rings. The van der Waals surface area contributed by atoms with Gasteiger partial charge in [0.25, 0.3) is 0 Å². The first-order valence-electron chi connectivity index (χ1n) is 9.42. The van der Waals surface area contributed by atoms with Crippen molar-refractivity contribution in [3.8, 4) is 11.6 Å². The van der Waals surface area contributed by atoms with Crippen LogP contribution < -0.4 is 10.1 Å². The van der Waals surface area contributed by atoms with Crippen LogP contribution in [-0.4, -0.2) is 17.5 Å². The van der Waals surface area contributed by atoms with Crippen molar-refractivity contribution in [2.75, 3.05) is 6.61 Å². The molecule has 0 aliphatic carbocycles. The van der Waals surface area contributed by atoms with Gasteiger partial charge >= 0.3 is 0 Å². The van der Waals surface area contributed by atoms with E-state index in [9.17, 15) is 4.79 Å². The van der Waals surface area contributed by atoms with E-state index in [0.717, 1.165) is 23.3 Å². The number of benzene rings is 2. The number of rotatable bonds is 6. The molecule has 1 atom stereocenters. The van der Waals surface area contributed by atoms with Crippen molar-refractivity contribution >= 4 is 5.91 Å². The van der Waals surface area contributed by atoms with E-state index in [0.29, 0.717) is 25.5 Å². The molecular formula is C23H22N2O3. The fourth-order valence-corrected chi connectivity index (χ4v) is 3.27. The Morgan fingerprint density at radius 2 is 1.89 bits per heavy atom.